The van der Waals surface area contributed by atoms with Gasteiger partial charge in [-0.25, -0.2) is 0 Å². The molecule has 1 amide bonds. The number of anilines is 1. The predicted molar refractivity (Wildman–Crippen MR) is 121 cm³/mol. The van der Waals surface area contributed by atoms with Gasteiger partial charge in [0.1, 0.15) is 5.54 Å². The molecule has 6 rings (SSSR count). The van der Waals surface area contributed by atoms with Crippen molar-refractivity contribution in [2.45, 2.75) is 68.9 Å². The summed E-state index contributed by atoms with van der Waals surface area (Å²) in [5.74, 6) is 0.819. The number of rotatable bonds is 2. The van der Waals surface area contributed by atoms with E-state index in [-0.39, 0.29) is 18.1 Å². The molecule has 2 aliphatic heterocycles. The van der Waals surface area contributed by atoms with Crippen LogP contribution in [0.3, 0.4) is 0 Å². The van der Waals surface area contributed by atoms with Crippen LogP contribution in [0.2, 0.25) is 0 Å². The normalized spacial score (nSPS) is 27.5. The van der Waals surface area contributed by atoms with Crippen LogP contribution in [-0.2, 0) is 16.0 Å². The molecule has 2 aliphatic carbocycles. The van der Waals surface area contributed by atoms with Crippen molar-refractivity contribution < 1.29 is 9.59 Å². The Bertz CT molecular complexity index is 1020. The van der Waals surface area contributed by atoms with Gasteiger partial charge in [-0.15, -0.1) is 0 Å². The minimum Gasteiger partial charge on any atom is -0.299 e. The van der Waals surface area contributed by atoms with Crippen molar-refractivity contribution in [3.8, 4) is 0 Å². The Balaban J connectivity index is 1.28. The Labute approximate surface area is 184 Å². The molecular formula is C27H30N2O2. The highest BCUT2D eigenvalue weighted by Crippen LogP contribution is 2.48. The van der Waals surface area contributed by atoms with E-state index in [1.165, 1.54) is 37.7 Å². The van der Waals surface area contributed by atoms with Crippen LogP contribution >= 0.6 is 0 Å². The zero-order valence-electron chi connectivity index (χ0n) is 18.1. The monoisotopic (exact) mass is 414 g/mol. The maximum absolute atomic E-state index is 13.1. The molecule has 4 aliphatic rings. The third kappa shape index (κ3) is 2.91. The lowest BCUT2D eigenvalue weighted by Crippen LogP contribution is -2.57. The third-order valence-corrected chi connectivity index (χ3v) is 8.37. The van der Waals surface area contributed by atoms with Crippen molar-refractivity contribution in [2.75, 3.05) is 18.0 Å². The molecule has 2 aromatic rings. The number of aryl methyl sites for hydroxylation is 1. The molecule has 0 aromatic heterocycles. The largest absolute Gasteiger partial charge is 0.299 e. The summed E-state index contributed by atoms with van der Waals surface area (Å²) in [5.41, 5.74) is 4.96. The molecule has 4 nitrogen and oxygen atoms in total. The zero-order chi connectivity index (χ0) is 21.0. The number of benzene rings is 2. The lowest BCUT2D eigenvalue weighted by molar-refractivity contribution is -0.124. The van der Waals surface area contributed by atoms with E-state index in [4.69, 9.17) is 0 Å². The number of piperidine rings is 1. The van der Waals surface area contributed by atoms with E-state index in [1.54, 1.807) is 11.1 Å². The van der Waals surface area contributed by atoms with Crippen LogP contribution in [0.1, 0.15) is 73.6 Å². The number of nitrogens with zero attached hydrogens (tertiary/aromatic N) is 2. The van der Waals surface area contributed by atoms with E-state index in [0.29, 0.717) is 6.04 Å². The van der Waals surface area contributed by atoms with Crippen molar-refractivity contribution in [2.24, 2.45) is 0 Å². The first-order valence-corrected chi connectivity index (χ1v) is 11.9. The Morgan fingerprint density at radius 3 is 2.48 bits per heavy atom. The summed E-state index contributed by atoms with van der Waals surface area (Å²) in [6, 6.07) is 17.2. The first-order valence-electron chi connectivity index (χ1n) is 11.9. The Morgan fingerprint density at radius 2 is 1.68 bits per heavy atom. The van der Waals surface area contributed by atoms with Crippen LogP contribution in [-0.4, -0.2) is 35.2 Å². The summed E-state index contributed by atoms with van der Waals surface area (Å²) < 4.78 is 0. The fraction of sp³-hybridized carbons (Fsp3) is 0.481. The molecule has 0 radical (unpaired) electrons. The predicted octanol–water partition coefficient (Wildman–Crippen LogP) is 4.78. The smallest absolute Gasteiger partial charge is 0.235 e. The third-order valence-electron chi connectivity index (χ3n) is 8.37. The second-order valence-corrected chi connectivity index (χ2v) is 9.83. The summed E-state index contributed by atoms with van der Waals surface area (Å²) in [6.45, 7) is 1.75. The van der Waals surface area contributed by atoms with Gasteiger partial charge < -0.3 is 0 Å². The quantitative estimate of drug-likeness (QED) is 0.664. The maximum atomic E-state index is 13.1. The van der Waals surface area contributed by atoms with Crippen LogP contribution in [0.5, 0.6) is 0 Å². The molecule has 160 valence electrons. The van der Waals surface area contributed by atoms with Gasteiger partial charge in [-0.3, -0.25) is 19.4 Å². The van der Waals surface area contributed by atoms with Gasteiger partial charge in [0.15, 0.2) is 5.78 Å². The number of Topliss-reactive ketones (excluding diaryl/α,β-unsaturated/α-hetero) is 1. The second kappa shape index (κ2) is 7.30. The molecule has 2 aromatic carbocycles. The van der Waals surface area contributed by atoms with Gasteiger partial charge in [-0.1, -0.05) is 36.4 Å². The van der Waals surface area contributed by atoms with Crippen molar-refractivity contribution in [1.82, 2.24) is 4.90 Å². The van der Waals surface area contributed by atoms with Crippen LogP contribution in [0, 0.1) is 0 Å². The molecule has 31 heavy (non-hydrogen) atoms. The Hall–Kier alpha value is -2.46. The minimum absolute atomic E-state index is 0.0395. The Morgan fingerprint density at radius 1 is 0.871 bits per heavy atom. The van der Waals surface area contributed by atoms with Gasteiger partial charge in [-0.05, 0) is 79.7 Å². The van der Waals surface area contributed by atoms with Gasteiger partial charge in [0.2, 0.25) is 5.91 Å². The number of carbonyl (C=O) groups excluding carboxylic acids is 2. The topological polar surface area (TPSA) is 40.6 Å². The fourth-order valence-electron chi connectivity index (χ4n) is 6.93. The van der Waals surface area contributed by atoms with Gasteiger partial charge in [-0.2, -0.15) is 0 Å². The van der Waals surface area contributed by atoms with Gasteiger partial charge >= 0.3 is 0 Å². The molecule has 2 fully saturated rings. The first kappa shape index (κ1) is 19.2. The number of hydrogen-bond acceptors (Lipinski definition) is 3. The number of hydrogen-bond donors (Lipinski definition) is 0. The van der Waals surface area contributed by atoms with Crippen LogP contribution in [0.4, 0.5) is 5.69 Å². The van der Waals surface area contributed by atoms with Crippen molar-refractivity contribution >= 4 is 17.4 Å². The summed E-state index contributed by atoms with van der Waals surface area (Å²) >= 11 is 0. The molecule has 2 heterocycles. The van der Waals surface area contributed by atoms with E-state index in [0.717, 1.165) is 37.5 Å². The number of ketones is 1. The Kier molecular flexibility index (Phi) is 4.53. The van der Waals surface area contributed by atoms with E-state index >= 15 is 0 Å². The van der Waals surface area contributed by atoms with E-state index in [1.807, 2.05) is 35.2 Å². The van der Waals surface area contributed by atoms with Crippen molar-refractivity contribution in [3.05, 3.63) is 65.2 Å². The zero-order valence-corrected chi connectivity index (χ0v) is 18.1. The SMILES string of the molecule is O=C1CC(=O)C2(CCN(C3CCC4CCCc5cccc3c54)CC2)N1c1ccccc1. The first-order chi connectivity index (χ1) is 15.2. The summed E-state index contributed by atoms with van der Waals surface area (Å²) in [5, 5.41) is 0. The average Bonchev–Trinajstić information content (AvgIpc) is 3.04. The molecule has 4 heteroatoms. The fourth-order valence-corrected chi connectivity index (χ4v) is 6.93. The molecule has 2 unspecified atom stereocenters. The molecule has 0 N–H and O–H groups in total. The van der Waals surface area contributed by atoms with Crippen LogP contribution in [0.25, 0.3) is 0 Å². The number of para-hydroxylation sites is 1. The standard InChI is InChI=1S/C27H30N2O2/c30-24-18-25(31)29(21-9-2-1-3-10-21)27(24)14-16-28(17-15-27)23-13-12-20-7-4-6-19-8-5-11-22(23)26(19)20/h1-3,5,8-11,20,23H,4,6-7,12-18H2. The van der Waals surface area contributed by atoms with E-state index < -0.39 is 5.54 Å². The average molecular weight is 415 g/mol. The molecule has 2 saturated heterocycles. The highest BCUT2D eigenvalue weighted by atomic mass is 16.2. The number of carbonyl (C=O) groups is 2. The molecular weight excluding hydrogens is 384 g/mol. The highest BCUT2D eigenvalue weighted by Gasteiger charge is 2.54. The molecule has 2 atom stereocenters. The summed E-state index contributed by atoms with van der Waals surface area (Å²) in [7, 11) is 0. The molecule has 0 saturated carbocycles. The van der Waals surface area contributed by atoms with E-state index in [2.05, 4.69) is 23.1 Å². The number of likely N-dealkylation sites (tertiary alicyclic amines) is 1. The van der Waals surface area contributed by atoms with Crippen LogP contribution < -0.4 is 4.90 Å². The van der Waals surface area contributed by atoms with Crippen molar-refractivity contribution in [1.29, 1.82) is 0 Å². The molecule has 0 bridgehead atoms. The summed E-state index contributed by atoms with van der Waals surface area (Å²) in [4.78, 5) is 30.3. The van der Waals surface area contributed by atoms with Gasteiger partial charge in [0.05, 0.1) is 6.42 Å². The molecule has 1 spiro atoms. The minimum atomic E-state index is -0.651. The lowest BCUT2D eigenvalue weighted by atomic mass is 9.71. The van der Waals surface area contributed by atoms with Gasteiger partial charge in [0, 0.05) is 24.8 Å². The van der Waals surface area contributed by atoms with Crippen molar-refractivity contribution in [3.63, 3.8) is 0 Å². The highest BCUT2D eigenvalue weighted by molar-refractivity contribution is 6.19. The summed E-state index contributed by atoms with van der Waals surface area (Å²) in [6.07, 6.45) is 7.90. The lowest BCUT2D eigenvalue weighted by Gasteiger charge is -2.48. The second-order valence-electron chi connectivity index (χ2n) is 9.83. The maximum Gasteiger partial charge on any atom is 0.235 e. The van der Waals surface area contributed by atoms with E-state index in [9.17, 15) is 9.59 Å². The van der Waals surface area contributed by atoms with Crippen LogP contribution in [0.15, 0.2) is 48.5 Å². The number of amides is 1. The van der Waals surface area contributed by atoms with Gasteiger partial charge in [0.25, 0.3) is 0 Å².